The minimum atomic E-state index is -0.163. The van der Waals surface area contributed by atoms with Crippen molar-refractivity contribution in [3.63, 3.8) is 0 Å². The van der Waals surface area contributed by atoms with E-state index in [1.165, 1.54) is 0 Å². The van der Waals surface area contributed by atoms with Gasteiger partial charge < -0.3 is 15.4 Å². The minimum absolute atomic E-state index is 0.163. The number of hydrogen-bond donors (Lipinski definition) is 2. The van der Waals surface area contributed by atoms with Crippen molar-refractivity contribution in [2.75, 3.05) is 26.2 Å². The Balaban J connectivity index is 2.03. The fraction of sp³-hybridized carbons (Fsp3) is 0.875. The highest BCUT2D eigenvalue weighted by molar-refractivity contribution is 5.71. The van der Waals surface area contributed by atoms with Crippen LogP contribution in [0.4, 0.5) is 0 Å². The first-order valence-electron chi connectivity index (χ1n) is 4.42. The highest BCUT2D eigenvalue weighted by Gasteiger charge is 2.14. The minimum Gasteiger partial charge on any atom is -0.465 e. The van der Waals surface area contributed by atoms with Crippen molar-refractivity contribution in [2.24, 2.45) is 0 Å². The molecule has 4 nitrogen and oxygen atoms in total. The molecule has 70 valence electrons. The zero-order valence-electron chi connectivity index (χ0n) is 7.43. The lowest BCUT2D eigenvalue weighted by molar-refractivity contribution is -0.142. The van der Waals surface area contributed by atoms with Crippen LogP contribution >= 0.6 is 0 Å². The topological polar surface area (TPSA) is 50.4 Å². The summed E-state index contributed by atoms with van der Waals surface area (Å²) in [6.07, 6.45) is 1.10. The molecule has 2 N–H and O–H groups in total. The van der Waals surface area contributed by atoms with E-state index in [4.69, 9.17) is 4.74 Å². The third kappa shape index (κ3) is 3.19. The van der Waals surface area contributed by atoms with Crippen LogP contribution in [-0.2, 0) is 9.53 Å². The highest BCUT2D eigenvalue weighted by atomic mass is 16.5. The molecule has 0 saturated carbocycles. The van der Waals surface area contributed by atoms with Crippen LogP contribution in [0.5, 0.6) is 0 Å². The molecule has 0 spiro atoms. The molecule has 1 saturated heterocycles. The molecular weight excluding hydrogens is 156 g/mol. The van der Waals surface area contributed by atoms with E-state index in [0.717, 1.165) is 19.5 Å². The SMILES string of the molecule is CCOC(=O)CNC1CCNC1. The first kappa shape index (κ1) is 9.48. The van der Waals surface area contributed by atoms with Gasteiger partial charge in [-0.1, -0.05) is 0 Å². The van der Waals surface area contributed by atoms with Crippen molar-refractivity contribution in [1.29, 1.82) is 0 Å². The Kier molecular flexibility index (Phi) is 4.04. The van der Waals surface area contributed by atoms with Gasteiger partial charge in [-0.2, -0.15) is 0 Å². The van der Waals surface area contributed by atoms with Crippen molar-refractivity contribution in [2.45, 2.75) is 19.4 Å². The molecule has 0 aromatic carbocycles. The van der Waals surface area contributed by atoms with Crippen LogP contribution in [0.15, 0.2) is 0 Å². The maximum Gasteiger partial charge on any atom is 0.319 e. The van der Waals surface area contributed by atoms with Crippen molar-refractivity contribution in [1.82, 2.24) is 10.6 Å². The third-order valence-electron chi connectivity index (χ3n) is 1.90. The molecule has 0 aromatic rings. The first-order valence-corrected chi connectivity index (χ1v) is 4.42. The van der Waals surface area contributed by atoms with E-state index in [9.17, 15) is 4.79 Å². The van der Waals surface area contributed by atoms with Gasteiger partial charge in [-0.15, -0.1) is 0 Å². The lowest BCUT2D eigenvalue weighted by atomic mass is 10.3. The molecule has 0 bridgehead atoms. The Hall–Kier alpha value is -0.610. The summed E-state index contributed by atoms with van der Waals surface area (Å²) in [7, 11) is 0. The molecule has 0 aliphatic carbocycles. The monoisotopic (exact) mass is 172 g/mol. The molecule has 4 heteroatoms. The Bertz CT molecular complexity index is 144. The average Bonchev–Trinajstić information content (AvgIpc) is 2.53. The van der Waals surface area contributed by atoms with E-state index in [0.29, 0.717) is 19.2 Å². The van der Waals surface area contributed by atoms with Crippen molar-refractivity contribution in [3.05, 3.63) is 0 Å². The van der Waals surface area contributed by atoms with Gasteiger partial charge in [0.15, 0.2) is 0 Å². The lowest BCUT2D eigenvalue weighted by Gasteiger charge is -2.09. The standard InChI is InChI=1S/C8H16N2O2/c1-2-12-8(11)6-10-7-3-4-9-5-7/h7,9-10H,2-6H2,1H3. The molecule has 1 fully saturated rings. The van der Waals surface area contributed by atoms with E-state index in [-0.39, 0.29) is 5.97 Å². The number of carbonyl (C=O) groups is 1. The summed E-state index contributed by atoms with van der Waals surface area (Å²) >= 11 is 0. The molecule has 1 atom stereocenters. The van der Waals surface area contributed by atoms with Gasteiger partial charge in [0.2, 0.25) is 0 Å². The maximum atomic E-state index is 10.9. The molecular formula is C8H16N2O2. The Morgan fingerprint density at radius 3 is 3.17 bits per heavy atom. The number of nitrogens with one attached hydrogen (secondary N) is 2. The average molecular weight is 172 g/mol. The van der Waals surface area contributed by atoms with Crippen LogP contribution in [0.3, 0.4) is 0 Å². The molecule has 12 heavy (non-hydrogen) atoms. The fourth-order valence-electron chi connectivity index (χ4n) is 1.27. The van der Waals surface area contributed by atoms with E-state index in [1.807, 2.05) is 6.92 Å². The molecule has 1 unspecified atom stereocenters. The van der Waals surface area contributed by atoms with E-state index >= 15 is 0 Å². The second-order valence-electron chi connectivity index (χ2n) is 2.88. The summed E-state index contributed by atoms with van der Waals surface area (Å²) in [4.78, 5) is 10.9. The molecule has 0 amide bonds. The van der Waals surface area contributed by atoms with Crippen LogP contribution in [0.1, 0.15) is 13.3 Å². The summed E-state index contributed by atoms with van der Waals surface area (Å²) in [6, 6.07) is 0.439. The quantitative estimate of drug-likeness (QED) is 0.561. The van der Waals surface area contributed by atoms with Gasteiger partial charge in [0, 0.05) is 12.6 Å². The number of ether oxygens (including phenoxy) is 1. The molecule has 1 aliphatic rings. The van der Waals surface area contributed by atoms with Crippen LogP contribution in [0.25, 0.3) is 0 Å². The zero-order valence-corrected chi connectivity index (χ0v) is 7.43. The molecule has 1 heterocycles. The summed E-state index contributed by atoms with van der Waals surface area (Å²) < 4.78 is 4.78. The van der Waals surface area contributed by atoms with Gasteiger partial charge in [-0.05, 0) is 19.9 Å². The predicted molar refractivity (Wildman–Crippen MR) is 45.9 cm³/mol. The summed E-state index contributed by atoms with van der Waals surface area (Å²) in [6.45, 7) is 4.61. The number of esters is 1. The second kappa shape index (κ2) is 5.11. The molecule has 1 aliphatic heterocycles. The van der Waals surface area contributed by atoms with Gasteiger partial charge in [-0.3, -0.25) is 4.79 Å². The van der Waals surface area contributed by atoms with Gasteiger partial charge in [0.1, 0.15) is 0 Å². The Labute approximate surface area is 72.7 Å². The van der Waals surface area contributed by atoms with Crippen molar-refractivity contribution >= 4 is 5.97 Å². The maximum absolute atomic E-state index is 10.9. The smallest absolute Gasteiger partial charge is 0.319 e. The highest BCUT2D eigenvalue weighted by Crippen LogP contribution is 1.95. The van der Waals surface area contributed by atoms with Gasteiger partial charge in [-0.25, -0.2) is 0 Å². The van der Waals surface area contributed by atoms with Gasteiger partial charge in [0.25, 0.3) is 0 Å². The normalized spacial score (nSPS) is 22.6. The summed E-state index contributed by atoms with van der Waals surface area (Å²) in [5.74, 6) is -0.163. The van der Waals surface area contributed by atoms with E-state index in [1.54, 1.807) is 0 Å². The van der Waals surface area contributed by atoms with Crippen LogP contribution < -0.4 is 10.6 Å². The van der Waals surface area contributed by atoms with Crippen LogP contribution in [0, 0.1) is 0 Å². The second-order valence-corrected chi connectivity index (χ2v) is 2.88. The van der Waals surface area contributed by atoms with Gasteiger partial charge in [0.05, 0.1) is 13.2 Å². The van der Waals surface area contributed by atoms with Crippen molar-refractivity contribution in [3.8, 4) is 0 Å². The fourth-order valence-corrected chi connectivity index (χ4v) is 1.27. The molecule has 1 rings (SSSR count). The van der Waals surface area contributed by atoms with Crippen LogP contribution in [0.2, 0.25) is 0 Å². The first-order chi connectivity index (χ1) is 5.83. The number of rotatable bonds is 4. The largest absolute Gasteiger partial charge is 0.465 e. The molecule has 0 aromatic heterocycles. The molecule has 0 radical (unpaired) electrons. The van der Waals surface area contributed by atoms with Crippen molar-refractivity contribution < 1.29 is 9.53 Å². The predicted octanol–water partition coefficient (Wildman–Crippen LogP) is -0.499. The lowest BCUT2D eigenvalue weighted by Crippen LogP contribution is -2.35. The van der Waals surface area contributed by atoms with Gasteiger partial charge >= 0.3 is 5.97 Å². The number of hydrogen-bond acceptors (Lipinski definition) is 4. The third-order valence-corrected chi connectivity index (χ3v) is 1.90. The zero-order chi connectivity index (χ0) is 8.81. The Morgan fingerprint density at radius 1 is 1.75 bits per heavy atom. The van der Waals surface area contributed by atoms with E-state index in [2.05, 4.69) is 10.6 Å². The van der Waals surface area contributed by atoms with Crippen LogP contribution in [-0.4, -0.2) is 38.3 Å². The Morgan fingerprint density at radius 2 is 2.58 bits per heavy atom. The number of carbonyl (C=O) groups excluding carboxylic acids is 1. The van der Waals surface area contributed by atoms with E-state index < -0.39 is 0 Å². The summed E-state index contributed by atoms with van der Waals surface area (Å²) in [5, 5.41) is 6.34. The summed E-state index contributed by atoms with van der Waals surface area (Å²) in [5.41, 5.74) is 0.